The number of hydrogen-bond acceptors (Lipinski definition) is 3. The van der Waals surface area contributed by atoms with Crippen LogP contribution in [0.5, 0.6) is 0 Å². The monoisotopic (exact) mass is 328 g/mol. The van der Waals surface area contributed by atoms with Crippen molar-refractivity contribution < 1.29 is 4.79 Å². The molecule has 0 atom stereocenters. The number of rotatable bonds is 6. The van der Waals surface area contributed by atoms with Crippen LogP contribution < -0.4 is 0 Å². The summed E-state index contributed by atoms with van der Waals surface area (Å²) in [6.07, 6.45) is 3.19. The topological polar surface area (TPSA) is 33.2 Å². The molecule has 1 aliphatic rings. The van der Waals surface area contributed by atoms with Crippen LogP contribution in [-0.2, 0) is 13.0 Å². The Bertz CT molecular complexity index is 674. The van der Waals surface area contributed by atoms with Crippen LogP contribution in [0.3, 0.4) is 0 Å². The predicted molar refractivity (Wildman–Crippen MR) is 94.7 cm³/mol. The lowest BCUT2D eigenvalue weighted by Gasteiger charge is -2.22. The van der Waals surface area contributed by atoms with Crippen LogP contribution in [-0.4, -0.2) is 21.8 Å². The van der Waals surface area contributed by atoms with Crippen LogP contribution in [0.1, 0.15) is 52.6 Å². The molecule has 0 N–H and O–H groups in total. The van der Waals surface area contributed by atoms with Crippen molar-refractivity contribution in [2.75, 3.05) is 0 Å². The Labute approximate surface area is 142 Å². The number of hydrogen-bond donors (Lipinski definition) is 0. The average molecular weight is 328 g/mol. The number of benzene rings is 1. The van der Waals surface area contributed by atoms with Gasteiger partial charge in [-0.25, -0.2) is 4.98 Å². The number of aryl methyl sites for hydroxylation is 1. The van der Waals surface area contributed by atoms with Crippen molar-refractivity contribution >= 4 is 17.2 Å². The van der Waals surface area contributed by atoms with Gasteiger partial charge >= 0.3 is 0 Å². The molecular formula is C19H24N2OS. The molecule has 1 amide bonds. The Morgan fingerprint density at radius 3 is 2.61 bits per heavy atom. The molecule has 3 rings (SSSR count). The van der Waals surface area contributed by atoms with Gasteiger partial charge < -0.3 is 4.90 Å². The van der Waals surface area contributed by atoms with Crippen LogP contribution in [0.15, 0.2) is 30.3 Å². The highest BCUT2D eigenvalue weighted by atomic mass is 32.1. The second-order valence-electron chi connectivity index (χ2n) is 6.77. The molecule has 23 heavy (non-hydrogen) atoms. The van der Waals surface area contributed by atoms with Crippen molar-refractivity contribution in [2.24, 2.45) is 5.92 Å². The maximum Gasteiger partial charge on any atom is 0.266 e. The number of carbonyl (C=O) groups is 1. The standard InChI is InChI=1S/C19H24N2OS/c1-13(2)11-17-20-14(3)18(23-17)19(22)21(16-9-10-16)12-15-7-5-4-6-8-15/h4-8,13,16H,9-12H2,1-3H3. The highest BCUT2D eigenvalue weighted by Crippen LogP contribution is 2.32. The molecule has 1 aliphatic carbocycles. The summed E-state index contributed by atoms with van der Waals surface area (Å²) in [5, 5.41) is 1.08. The first-order valence-electron chi connectivity index (χ1n) is 8.35. The molecular weight excluding hydrogens is 304 g/mol. The Morgan fingerprint density at radius 1 is 1.30 bits per heavy atom. The van der Waals surface area contributed by atoms with E-state index in [1.165, 1.54) is 5.56 Å². The molecule has 1 fully saturated rings. The van der Waals surface area contributed by atoms with Gasteiger partial charge in [0.2, 0.25) is 0 Å². The van der Waals surface area contributed by atoms with E-state index in [1.807, 2.05) is 30.0 Å². The van der Waals surface area contributed by atoms with Crippen molar-refractivity contribution in [2.45, 2.75) is 52.6 Å². The fourth-order valence-corrected chi connectivity index (χ4v) is 3.98. The Hall–Kier alpha value is -1.68. The van der Waals surface area contributed by atoms with Gasteiger partial charge in [0, 0.05) is 19.0 Å². The second kappa shape index (κ2) is 6.83. The normalized spacial score (nSPS) is 14.3. The molecule has 4 heteroatoms. The lowest BCUT2D eigenvalue weighted by molar-refractivity contribution is 0.0734. The van der Waals surface area contributed by atoms with E-state index >= 15 is 0 Å². The van der Waals surface area contributed by atoms with Gasteiger partial charge in [-0.2, -0.15) is 0 Å². The third-order valence-corrected chi connectivity index (χ3v) is 5.23. The van der Waals surface area contributed by atoms with E-state index in [4.69, 9.17) is 0 Å². The highest BCUT2D eigenvalue weighted by molar-refractivity contribution is 7.13. The summed E-state index contributed by atoms with van der Waals surface area (Å²) in [6, 6.07) is 10.7. The number of carbonyl (C=O) groups excluding carboxylic acids is 1. The zero-order chi connectivity index (χ0) is 16.4. The summed E-state index contributed by atoms with van der Waals surface area (Å²) >= 11 is 1.58. The van der Waals surface area contributed by atoms with E-state index in [0.717, 1.165) is 34.8 Å². The molecule has 0 unspecified atom stereocenters. The van der Waals surface area contributed by atoms with Crippen LogP contribution in [0, 0.1) is 12.8 Å². The summed E-state index contributed by atoms with van der Waals surface area (Å²) in [6.45, 7) is 7.02. The Balaban J connectivity index is 1.80. The zero-order valence-corrected chi connectivity index (χ0v) is 14.9. The molecule has 0 bridgehead atoms. The fourth-order valence-electron chi connectivity index (χ4n) is 2.75. The summed E-state index contributed by atoms with van der Waals surface area (Å²) in [4.78, 5) is 20.5. The van der Waals surface area contributed by atoms with E-state index in [1.54, 1.807) is 11.3 Å². The van der Waals surface area contributed by atoms with Gasteiger partial charge in [-0.05, 0) is 31.2 Å². The van der Waals surface area contributed by atoms with Crippen molar-refractivity contribution in [3.05, 3.63) is 51.5 Å². The van der Waals surface area contributed by atoms with Gasteiger partial charge in [-0.15, -0.1) is 11.3 Å². The van der Waals surface area contributed by atoms with Crippen LogP contribution >= 0.6 is 11.3 Å². The van der Waals surface area contributed by atoms with Crippen LogP contribution in [0.25, 0.3) is 0 Å². The molecule has 1 saturated carbocycles. The van der Waals surface area contributed by atoms with Gasteiger partial charge in [0.15, 0.2) is 0 Å². The van der Waals surface area contributed by atoms with Crippen molar-refractivity contribution in [1.82, 2.24) is 9.88 Å². The van der Waals surface area contributed by atoms with Crippen molar-refractivity contribution in [3.63, 3.8) is 0 Å². The average Bonchev–Trinajstić information content (AvgIpc) is 3.29. The molecule has 0 aliphatic heterocycles. The van der Waals surface area contributed by atoms with Crippen molar-refractivity contribution in [3.8, 4) is 0 Å². The van der Waals surface area contributed by atoms with Gasteiger partial charge in [-0.3, -0.25) is 4.79 Å². The summed E-state index contributed by atoms with van der Waals surface area (Å²) in [5.41, 5.74) is 2.08. The largest absolute Gasteiger partial charge is 0.331 e. The predicted octanol–water partition coefficient (Wildman–Crippen LogP) is 4.45. The van der Waals surface area contributed by atoms with E-state index in [2.05, 4.69) is 31.0 Å². The van der Waals surface area contributed by atoms with E-state index in [0.29, 0.717) is 18.5 Å². The van der Waals surface area contributed by atoms with Gasteiger partial charge in [0.1, 0.15) is 4.88 Å². The summed E-state index contributed by atoms with van der Waals surface area (Å²) < 4.78 is 0. The molecule has 0 radical (unpaired) electrons. The number of nitrogens with zero attached hydrogens (tertiary/aromatic N) is 2. The third-order valence-electron chi connectivity index (χ3n) is 4.06. The number of aromatic nitrogens is 1. The first-order valence-corrected chi connectivity index (χ1v) is 9.17. The Morgan fingerprint density at radius 2 is 2.00 bits per heavy atom. The number of thiazole rings is 1. The molecule has 3 nitrogen and oxygen atoms in total. The van der Waals surface area contributed by atoms with Crippen LogP contribution in [0.2, 0.25) is 0 Å². The van der Waals surface area contributed by atoms with Gasteiger partial charge in [0.25, 0.3) is 5.91 Å². The zero-order valence-electron chi connectivity index (χ0n) is 14.1. The fraction of sp³-hybridized carbons (Fsp3) is 0.474. The SMILES string of the molecule is Cc1nc(CC(C)C)sc1C(=O)N(Cc1ccccc1)C1CC1. The van der Waals surface area contributed by atoms with E-state index < -0.39 is 0 Å². The molecule has 0 saturated heterocycles. The molecule has 1 heterocycles. The number of amides is 1. The minimum Gasteiger partial charge on any atom is -0.331 e. The van der Waals surface area contributed by atoms with Crippen molar-refractivity contribution in [1.29, 1.82) is 0 Å². The van der Waals surface area contributed by atoms with Crippen LogP contribution in [0.4, 0.5) is 0 Å². The van der Waals surface area contributed by atoms with Gasteiger partial charge in [-0.1, -0.05) is 44.2 Å². The second-order valence-corrected chi connectivity index (χ2v) is 7.85. The minimum atomic E-state index is 0.154. The molecule has 122 valence electrons. The van der Waals surface area contributed by atoms with Gasteiger partial charge in [0.05, 0.1) is 10.7 Å². The quantitative estimate of drug-likeness (QED) is 0.784. The summed E-state index contributed by atoms with van der Waals surface area (Å²) in [7, 11) is 0. The molecule has 0 spiro atoms. The summed E-state index contributed by atoms with van der Waals surface area (Å²) in [5.74, 6) is 0.716. The lowest BCUT2D eigenvalue weighted by Crippen LogP contribution is -2.32. The highest BCUT2D eigenvalue weighted by Gasteiger charge is 2.34. The maximum atomic E-state index is 13.0. The maximum absolute atomic E-state index is 13.0. The minimum absolute atomic E-state index is 0.154. The van der Waals surface area contributed by atoms with E-state index in [-0.39, 0.29) is 5.91 Å². The smallest absolute Gasteiger partial charge is 0.266 e. The third kappa shape index (κ3) is 3.99. The first kappa shape index (κ1) is 16.2. The van der Waals surface area contributed by atoms with E-state index in [9.17, 15) is 4.79 Å². The molecule has 1 aromatic carbocycles. The first-order chi connectivity index (χ1) is 11.0. The Kier molecular flexibility index (Phi) is 4.81. The lowest BCUT2D eigenvalue weighted by atomic mass is 10.1. The molecule has 2 aromatic rings. The molecule has 1 aromatic heterocycles.